The van der Waals surface area contributed by atoms with E-state index in [4.69, 9.17) is 10.8 Å². The molecule has 0 aliphatic carbocycles. The van der Waals surface area contributed by atoms with E-state index in [1.807, 2.05) is 0 Å². The van der Waals surface area contributed by atoms with E-state index in [0.717, 1.165) is 0 Å². The first kappa shape index (κ1) is 24.0. The van der Waals surface area contributed by atoms with Crippen LogP contribution in [0.25, 0.3) is 0 Å². The maximum atomic E-state index is 12.3. The molecular weight excluding hydrogens is 455 g/mol. The molecule has 180 valence electrons. The number of nitrogens with zero attached hydrogens (tertiary/aromatic N) is 2. The molecule has 1 aromatic carbocycles. The van der Waals surface area contributed by atoms with Crippen LogP contribution >= 0.6 is 0 Å². The summed E-state index contributed by atoms with van der Waals surface area (Å²) in [6.07, 6.45) is -0.101. The summed E-state index contributed by atoms with van der Waals surface area (Å²) in [4.78, 5) is 65.7. The molecule has 2 amide bonds. The van der Waals surface area contributed by atoms with E-state index in [1.54, 1.807) is 12.1 Å². The lowest BCUT2D eigenvalue weighted by molar-refractivity contribution is -0.140. The zero-order valence-corrected chi connectivity index (χ0v) is 17.8. The van der Waals surface area contributed by atoms with Crippen molar-refractivity contribution in [1.29, 1.82) is 0 Å². The Morgan fingerprint density at radius 1 is 1.26 bits per heavy atom. The van der Waals surface area contributed by atoms with E-state index in [9.17, 15) is 29.1 Å². The van der Waals surface area contributed by atoms with Gasteiger partial charge in [0.1, 0.15) is 6.04 Å². The fourth-order valence-corrected chi connectivity index (χ4v) is 3.39. The Bertz CT molecular complexity index is 1150. The van der Waals surface area contributed by atoms with Gasteiger partial charge in [-0.1, -0.05) is 0 Å². The summed E-state index contributed by atoms with van der Waals surface area (Å²) in [6.45, 7) is 0.568. The first-order chi connectivity index (χ1) is 16.2. The van der Waals surface area contributed by atoms with Gasteiger partial charge in [0, 0.05) is 30.8 Å². The van der Waals surface area contributed by atoms with Gasteiger partial charge in [-0.15, -0.1) is 0 Å². The number of carboxylic acid groups (broad SMARTS) is 2. The average molecular weight is 478 g/mol. The highest BCUT2D eigenvalue weighted by molar-refractivity contribution is 5.97. The second-order valence-electron chi connectivity index (χ2n) is 7.45. The summed E-state index contributed by atoms with van der Waals surface area (Å²) in [5, 5.41) is 26.3. The summed E-state index contributed by atoms with van der Waals surface area (Å²) in [6, 6.07) is 4.36. The number of carboxylic acids is 2. The van der Waals surface area contributed by atoms with E-state index < -0.39 is 41.9 Å². The average Bonchev–Trinajstić information content (AvgIpc) is 2.79. The van der Waals surface area contributed by atoms with E-state index >= 15 is 0 Å². The van der Waals surface area contributed by atoms with Gasteiger partial charge in [0.15, 0.2) is 11.5 Å². The number of fused-ring (bicyclic) bond motifs is 1. The molecule has 0 fully saturated rings. The second kappa shape index (κ2) is 10.3. The largest absolute Gasteiger partial charge is 0.481 e. The number of carbonyl (C=O) groups is 4. The maximum Gasteiger partial charge on any atom is 0.326 e. The predicted molar refractivity (Wildman–Crippen MR) is 121 cm³/mol. The Balaban J connectivity index is 1.62. The Hall–Kier alpha value is -4.62. The van der Waals surface area contributed by atoms with Crippen LogP contribution in [0.5, 0.6) is 0 Å². The van der Waals surface area contributed by atoms with Crippen molar-refractivity contribution < 1.29 is 29.4 Å². The number of nitrogens with two attached hydrogens (primary N) is 1. The Morgan fingerprint density at radius 2 is 1.97 bits per heavy atom. The highest BCUT2D eigenvalue weighted by Crippen LogP contribution is 2.25. The predicted octanol–water partition coefficient (Wildman–Crippen LogP) is -0.731. The monoisotopic (exact) mass is 478 g/mol. The number of carbonyl (C=O) groups excluding carboxylic acids is 2. The number of hydrogen-bond acceptors (Lipinski definition) is 9. The van der Waals surface area contributed by atoms with Crippen LogP contribution in [0.4, 0.5) is 23.1 Å². The number of rotatable bonds is 10. The van der Waals surface area contributed by atoms with Gasteiger partial charge in [0.2, 0.25) is 12.4 Å². The molecule has 3 rings (SSSR count). The molecule has 1 aromatic heterocycles. The van der Waals surface area contributed by atoms with Crippen LogP contribution in [0.3, 0.4) is 0 Å². The molecule has 1 aliphatic heterocycles. The van der Waals surface area contributed by atoms with Gasteiger partial charge in [-0.05, 0) is 30.7 Å². The number of nitrogen functional groups attached to an aromatic ring is 1. The van der Waals surface area contributed by atoms with Crippen LogP contribution in [0.1, 0.15) is 23.2 Å². The van der Waals surface area contributed by atoms with Gasteiger partial charge < -0.3 is 36.8 Å². The van der Waals surface area contributed by atoms with E-state index in [0.29, 0.717) is 18.6 Å². The lowest BCUT2D eigenvalue weighted by Crippen LogP contribution is -2.50. The van der Waals surface area contributed by atoms with Gasteiger partial charge in [0.25, 0.3) is 11.5 Å². The molecule has 34 heavy (non-hydrogen) atoms. The lowest BCUT2D eigenvalue weighted by Gasteiger charge is -2.34. The number of hydrogen-bond donors (Lipinski definition) is 7. The molecule has 0 spiro atoms. The van der Waals surface area contributed by atoms with Gasteiger partial charge >= 0.3 is 11.9 Å². The summed E-state index contributed by atoms with van der Waals surface area (Å²) in [5.41, 5.74) is 5.84. The molecule has 2 atom stereocenters. The number of anilines is 4. The molecule has 2 aromatic rings. The number of benzene rings is 1. The topological polar surface area (TPSA) is 220 Å². The minimum atomic E-state index is -1.33. The fourth-order valence-electron chi connectivity index (χ4n) is 3.39. The Morgan fingerprint density at radius 3 is 2.59 bits per heavy atom. The van der Waals surface area contributed by atoms with Crippen molar-refractivity contribution in [1.82, 2.24) is 15.3 Å². The maximum absolute atomic E-state index is 12.3. The van der Waals surface area contributed by atoms with E-state index in [-0.39, 0.29) is 36.0 Å². The van der Waals surface area contributed by atoms with E-state index in [1.165, 1.54) is 17.0 Å². The van der Waals surface area contributed by atoms with Crippen molar-refractivity contribution in [2.75, 3.05) is 34.4 Å². The number of H-pyrrole nitrogens is 1. The minimum Gasteiger partial charge on any atom is -0.481 e. The number of nitrogens with one attached hydrogen (secondary N) is 4. The molecule has 14 nitrogen and oxygen atoms in total. The fraction of sp³-hybridized carbons (Fsp3) is 0.300. The third kappa shape index (κ3) is 5.59. The number of amides is 2. The highest BCUT2D eigenvalue weighted by atomic mass is 16.5. The van der Waals surface area contributed by atoms with Crippen molar-refractivity contribution in [2.24, 2.45) is 0 Å². The molecule has 0 unspecified atom stereocenters. The summed E-state index contributed by atoms with van der Waals surface area (Å²) in [7, 11) is 0. The van der Waals surface area contributed by atoms with Crippen LogP contribution in [0.15, 0.2) is 29.1 Å². The van der Waals surface area contributed by atoms with Crippen molar-refractivity contribution in [3.8, 4) is 0 Å². The van der Waals surface area contributed by atoms with Crippen LogP contribution < -0.4 is 32.1 Å². The molecule has 1 aliphatic rings. The SMILES string of the molecule is Nc1nc2c(c(=O)[nH]1)N(C=O)[C@@H](CNc1ccc(C(=O)N[13C@@H]([13CH2][13CH2][13C](=O)O)[13C](=O)O)cc1)CN2. The zero-order chi connectivity index (χ0) is 24.8. The summed E-state index contributed by atoms with van der Waals surface area (Å²) >= 11 is 0. The standard InChI is InChI=1S/C20H23N7O7/c21-20-25-16-15(18(32)26-20)27(9-28)12(8-23-16)7-22-11-3-1-10(2-4-11)17(31)24-13(19(33)34)5-6-14(29)30/h1-4,9,12-13,22H,5-8H2,(H,24,31)(H,29,30)(H,33,34)(H4,21,23,25,26,32)/t12-,13-/m0/s1/i5+1,6+1,13+1,14+1,19+1. The molecule has 0 saturated carbocycles. The third-order valence-corrected chi connectivity index (χ3v) is 5.12. The van der Waals surface area contributed by atoms with Crippen LogP contribution in [0.2, 0.25) is 0 Å². The quantitative estimate of drug-likeness (QED) is 0.167. The number of aliphatic carboxylic acids is 2. The smallest absolute Gasteiger partial charge is 0.326 e. The first-order valence-corrected chi connectivity index (χ1v) is 10.2. The molecule has 14 heteroatoms. The molecule has 8 N–H and O–H groups in total. The lowest BCUT2D eigenvalue weighted by atomic mass is 10.1. The van der Waals surface area contributed by atoms with Crippen LogP contribution in [-0.4, -0.2) is 69.6 Å². The highest BCUT2D eigenvalue weighted by Gasteiger charge is 2.29. The Labute approximate surface area is 192 Å². The van der Waals surface area contributed by atoms with Crippen molar-refractivity contribution in [3.05, 3.63) is 40.2 Å². The normalized spacial score (nSPS) is 15.4. The molecule has 0 bridgehead atoms. The van der Waals surface area contributed by atoms with Crippen molar-refractivity contribution in [2.45, 2.75) is 24.9 Å². The van der Waals surface area contributed by atoms with Gasteiger partial charge in [-0.2, -0.15) is 4.98 Å². The molecule has 0 saturated heterocycles. The summed E-state index contributed by atoms with van der Waals surface area (Å²) in [5.74, 6) is -3.00. The summed E-state index contributed by atoms with van der Waals surface area (Å²) < 4.78 is 0. The third-order valence-electron chi connectivity index (χ3n) is 5.12. The second-order valence-corrected chi connectivity index (χ2v) is 7.45. The van der Waals surface area contributed by atoms with Gasteiger partial charge in [-0.25, -0.2) is 4.79 Å². The van der Waals surface area contributed by atoms with Crippen molar-refractivity contribution in [3.63, 3.8) is 0 Å². The van der Waals surface area contributed by atoms with Crippen LogP contribution in [-0.2, 0) is 14.4 Å². The van der Waals surface area contributed by atoms with Gasteiger partial charge in [-0.3, -0.25) is 24.2 Å². The molecular formula is C20H23N7O7. The first-order valence-electron chi connectivity index (χ1n) is 10.2. The van der Waals surface area contributed by atoms with Crippen molar-refractivity contribution >= 4 is 47.4 Å². The van der Waals surface area contributed by atoms with Crippen LogP contribution in [0, 0.1) is 0 Å². The van der Waals surface area contributed by atoms with Gasteiger partial charge in [0.05, 0.1) is 6.04 Å². The van der Waals surface area contributed by atoms with E-state index in [2.05, 4.69) is 25.9 Å². The minimum absolute atomic E-state index is 0.0603. The number of aromatic amines is 1. The zero-order valence-electron chi connectivity index (χ0n) is 17.8. The molecule has 2 heterocycles. The number of aromatic nitrogens is 2. The molecule has 0 radical (unpaired) electrons. The Kier molecular flexibility index (Phi) is 7.30.